The maximum Gasteiger partial charge on any atom is 0.279 e. The lowest BCUT2D eigenvalue weighted by atomic mass is 10.2. The molecule has 0 atom stereocenters. The van der Waals surface area contributed by atoms with Crippen LogP contribution in [0, 0.1) is 5.82 Å². The number of ether oxygens (including phenoxy) is 1. The monoisotopic (exact) mass is 538 g/mol. The third-order valence-electron chi connectivity index (χ3n) is 5.31. The van der Waals surface area contributed by atoms with Gasteiger partial charge in [-0.2, -0.15) is 0 Å². The SMILES string of the molecule is CC(C)Oc1ccc(Nc2ncc(NC(=O)c3ccn(N)c(=O)c3)c(=O)n2Cc2ccc(Cl)cc2)cc1F. The average Bonchev–Trinajstić information content (AvgIpc) is 2.87. The van der Waals surface area contributed by atoms with Crippen molar-refractivity contribution in [1.29, 1.82) is 0 Å². The van der Waals surface area contributed by atoms with E-state index in [1.54, 1.807) is 44.2 Å². The number of hydrogen-bond acceptors (Lipinski definition) is 7. The van der Waals surface area contributed by atoms with Crippen LogP contribution >= 0.6 is 11.6 Å². The number of aromatic nitrogens is 3. The first-order chi connectivity index (χ1) is 18.1. The lowest BCUT2D eigenvalue weighted by Crippen LogP contribution is -2.30. The van der Waals surface area contributed by atoms with Gasteiger partial charge in [0.2, 0.25) is 5.95 Å². The molecule has 2 aromatic heterocycles. The number of amides is 1. The number of halogens is 2. The van der Waals surface area contributed by atoms with E-state index in [1.165, 1.54) is 35.2 Å². The summed E-state index contributed by atoms with van der Waals surface area (Å²) in [5, 5.41) is 5.96. The van der Waals surface area contributed by atoms with Gasteiger partial charge in [0, 0.05) is 34.6 Å². The summed E-state index contributed by atoms with van der Waals surface area (Å²) >= 11 is 5.99. The maximum absolute atomic E-state index is 14.6. The smallest absolute Gasteiger partial charge is 0.279 e. The van der Waals surface area contributed by atoms with Crippen molar-refractivity contribution in [1.82, 2.24) is 14.2 Å². The number of pyridine rings is 1. The van der Waals surface area contributed by atoms with E-state index in [1.807, 2.05) is 0 Å². The number of rotatable bonds is 8. The van der Waals surface area contributed by atoms with E-state index in [9.17, 15) is 18.8 Å². The van der Waals surface area contributed by atoms with E-state index >= 15 is 0 Å². The molecule has 4 rings (SSSR count). The molecule has 0 fully saturated rings. The van der Waals surface area contributed by atoms with E-state index in [4.69, 9.17) is 22.2 Å². The summed E-state index contributed by atoms with van der Waals surface area (Å²) in [6.45, 7) is 3.64. The summed E-state index contributed by atoms with van der Waals surface area (Å²) in [4.78, 5) is 42.2. The van der Waals surface area contributed by atoms with Crippen molar-refractivity contribution in [3.05, 3.63) is 110 Å². The number of benzene rings is 2. The van der Waals surface area contributed by atoms with Gasteiger partial charge in [0.15, 0.2) is 11.6 Å². The second kappa shape index (κ2) is 11.2. The molecule has 0 saturated heterocycles. The topological polar surface area (TPSA) is 133 Å². The minimum atomic E-state index is -0.692. The highest BCUT2D eigenvalue weighted by Crippen LogP contribution is 2.24. The highest BCUT2D eigenvalue weighted by atomic mass is 35.5. The third kappa shape index (κ3) is 6.19. The van der Waals surface area contributed by atoms with Gasteiger partial charge in [-0.1, -0.05) is 23.7 Å². The van der Waals surface area contributed by atoms with Crippen LogP contribution in [0.15, 0.2) is 76.6 Å². The molecule has 4 N–H and O–H groups in total. The molecule has 0 aliphatic carbocycles. The van der Waals surface area contributed by atoms with Crippen molar-refractivity contribution < 1.29 is 13.9 Å². The zero-order chi connectivity index (χ0) is 27.4. The van der Waals surface area contributed by atoms with Gasteiger partial charge in [0.05, 0.1) is 18.8 Å². The van der Waals surface area contributed by atoms with E-state index in [2.05, 4.69) is 15.6 Å². The van der Waals surface area contributed by atoms with Crippen molar-refractivity contribution in [2.75, 3.05) is 16.5 Å². The molecule has 0 saturated carbocycles. The van der Waals surface area contributed by atoms with Crippen molar-refractivity contribution in [2.45, 2.75) is 26.5 Å². The Balaban J connectivity index is 1.69. The number of nitrogens with one attached hydrogen (secondary N) is 2. The van der Waals surface area contributed by atoms with Gasteiger partial charge in [-0.05, 0) is 49.7 Å². The van der Waals surface area contributed by atoms with Gasteiger partial charge < -0.3 is 21.2 Å². The van der Waals surface area contributed by atoms with Crippen LogP contribution in [-0.4, -0.2) is 26.2 Å². The molecular formula is C26H24ClFN6O4. The van der Waals surface area contributed by atoms with Gasteiger partial charge in [-0.15, -0.1) is 0 Å². The van der Waals surface area contributed by atoms with Crippen LogP contribution in [0.25, 0.3) is 0 Å². The van der Waals surface area contributed by atoms with E-state index in [0.29, 0.717) is 10.7 Å². The van der Waals surface area contributed by atoms with Gasteiger partial charge in [0.25, 0.3) is 17.0 Å². The van der Waals surface area contributed by atoms with Crippen molar-refractivity contribution in [3.8, 4) is 5.75 Å². The highest BCUT2D eigenvalue weighted by Gasteiger charge is 2.16. The molecule has 0 aliphatic heterocycles. The fourth-order valence-corrected chi connectivity index (χ4v) is 3.61. The minimum Gasteiger partial charge on any atom is -0.488 e. The molecule has 0 radical (unpaired) electrons. The van der Waals surface area contributed by atoms with E-state index in [-0.39, 0.29) is 35.6 Å². The van der Waals surface area contributed by atoms with Crippen LogP contribution in [0.1, 0.15) is 29.8 Å². The van der Waals surface area contributed by atoms with Gasteiger partial charge >= 0.3 is 0 Å². The maximum atomic E-state index is 14.6. The zero-order valence-corrected chi connectivity index (χ0v) is 21.2. The van der Waals surface area contributed by atoms with Crippen LogP contribution in [0.3, 0.4) is 0 Å². The van der Waals surface area contributed by atoms with E-state index < -0.39 is 22.8 Å². The minimum absolute atomic E-state index is 0.0155. The molecule has 2 aromatic carbocycles. The molecule has 0 spiro atoms. The molecule has 0 bridgehead atoms. The summed E-state index contributed by atoms with van der Waals surface area (Å²) in [5.74, 6) is 4.37. The predicted octanol–water partition coefficient (Wildman–Crippen LogP) is 3.74. The molecule has 196 valence electrons. The number of nitrogen functional groups attached to an aromatic ring is 1. The second-order valence-electron chi connectivity index (χ2n) is 8.57. The third-order valence-corrected chi connectivity index (χ3v) is 5.56. The fourth-order valence-electron chi connectivity index (χ4n) is 3.48. The van der Waals surface area contributed by atoms with Crippen LogP contribution in [0.2, 0.25) is 5.02 Å². The van der Waals surface area contributed by atoms with Crippen LogP contribution in [0.5, 0.6) is 5.75 Å². The largest absolute Gasteiger partial charge is 0.488 e. The number of nitrogens with zero attached hydrogens (tertiary/aromatic N) is 3. The summed E-state index contributed by atoms with van der Waals surface area (Å²) in [7, 11) is 0. The fraction of sp³-hybridized carbons (Fsp3) is 0.154. The first kappa shape index (κ1) is 26.4. The molecule has 0 unspecified atom stereocenters. The highest BCUT2D eigenvalue weighted by molar-refractivity contribution is 6.30. The predicted molar refractivity (Wildman–Crippen MR) is 143 cm³/mol. The van der Waals surface area contributed by atoms with Gasteiger partial charge in [0.1, 0.15) is 5.69 Å². The quantitative estimate of drug-likeness (QED) is 0.291. The molecule has 4 aromatic rings. The van der Waals surface area contributed by atoms with Crippen molar-refractivity contribution in [2.24, 2.45) is 0 Å². The number of hydrogen-bond donors (Lipinski definition) is 3. The van der Waals surface area contributed by atoms with Crippen molar-refractivity contribution >= 4 is 34.8 Å². The lowest BCUT2D eigenvalue weighted by Gasteiger charge is -2.16. The number of nitrogens with two attached hydrogens (primary N) is 1. The van der Waals surface area contributed by atoms with Crippen LogP contribution in [-0.2, 0) is 6.54 Å². The average molecular weight is 539 g/mol. The van der Waals surface area contributed by atoms with Gasteiger partial charge in [-0.3, -0.25) is 19.0 Å². The molecule has 2 heterocycles. The Labute approximate surface area is 221 Å². The molecule has 10 nitrogen and oxygen atoms in total. The molecule has 38 heavy (non-hydrogen) atoms. The Hall–Kier alpha value is -4.64. The summed E-state index contributed by atoms with van der Waals surface area (Å²) in [6, 6.07) is 13.5. The standard InChI is InChI=1S/C26H24ClFN6O4/c1-15(2)38-22-8-7-19(12-20(22)28)31-26-30-13-21(32-24(36)17-9-10-34(29)23(35)11-17)25(37)33(26)14-16-3-5-18(27)6-4-16/h3-13,15H,14,29H2,1-2H3,(H,30,31)(H,32,36). The normalized spacial score (nSPS) is 10.9. The number of carbonyl (C=O) groups excluding carboxylic acids is 1. The Morgan fingerprint density at radius 2 is 1.87 bits per heavy atom. The Bertz CT molecular complexity index is 1600. The Morgan fingerprint density at radius 1 is 1.13 bits per heavy atom. The Morgan fingerprint density at radius 3 is 2.53 bits per heavy atom. The lowest BCUT2D eigenvalue weighted by molar-refractivity contribution is 0.102. The first-order valence-electron chi connectivity index (χ1n) is 11.5. The summed E-state index contributed by atoms with van der Waals surface area (Å²) in [5.41, 5.74) is -0.233. The van der Waals surface area contributed by atoms with Crippen LogP contribution in [0.4, 0.5) is 21.7 Å². The molecule has 1 amide bonds. The summed E-state index contributed by atoms with van der Waals surface area (Å²) < 4.78 is 22.1. The van der Waals surface area contributed by atoms with Gasteiger partial charge in [-0.25, -0.2) is 14.1 Å². The first-order valence-corrected chi connectivity index (χ1v) is 11.8. The molecule has 0 aliphatic rings. The number of carbonyl (C=O) groups is 1. The van der Waals surface area contributed by atoms with Crippen molar-refractivity contribution in [3.63, 3.8) is 0 Å². The Kier molecular flexibility index (Phi) is 7.77. The summed E-state index contributed by atoms with van der Waals surface area (Å²) in [6.07, 6.45) is 2.21. The van der Waals surface area contributed by atoms with Crippen LogP contribution < -0.4 is 32.3 Å². The number of anilines is 3. The van der Waals surface area contributed by atoms with E-state index in [0.717, 1.165) is 16.3 Å². The zero-order valence-electron chi connectivity index (χ0n) is 20.4. The second-order valence-corrected chi connectivity index (χ2v) is 9.00. The molecular weight excluding hydrogens is 515 g/mol. The molecule has 12 heteroatoms.